The Labute approximate surface area is 114 Å². The summed E-state index contributed by atoms with van der Waals surface area (Å²) in [6.07, 6.45) is -0.881. The van der Waals surface area contributed by atoms with Crippen molar-refractivity contribution in [1.82, 2.24) is 0 Å². The molecule has 0 fully saturated rings. The number of carboxylic acid groups (broad SMARTS) is 1. The molecule has 0 radical (unpaired) electrons. The van der Waals surface area contributed by atoms with Crippen LogP contribution in [0.4, 0.5) is 5.69 Å². The van der Waals surface area contributed by atoms with Gasteiger partial charge in [0.1, 0.15) is 0 Å². The summed E-state index contributed by atoms with van der Waals surface area (Å²) in [6.45, 7) is 3.09. The first kappa shape index (κ1) is 15.4. The van der Waals surface area contributed by atoms with Gasteiger partial charge in [0.25, 0.3) is 5.69 Å². The molecule has 20 heavy (non-hydrogen) atoms. The van der Waals surface area contributed by atoms with Crippen LogP contribution in [-0.4, -0.2) is 35.0 Å². The maximum atomic E-state index is 11.0. The summed E-state index contributed by atoms with van der Waals surface area (Å²) in [4.78, 5) is 31.9. The van der Waals surface area contributed by atoms with Gasteiger partial charge < -0.3 is 14.6 Å². The number of carbonyl (C=O) groups excluding carboxylic acids is 1. The number of carboxylic acids is 1. The second-order valence-electron chi connectivity index (χ2n) is 3.77. The van der Waals surface area contributed by atoms with Crippen LogP contribution >= 0.6 is 0 Å². The molecule has 0 aliphatic heterocycles. The minimum Gasteiger partial charge on any atom is -0.490 e. The quantitative estimate of drug-likeness (QED) is 0.459. The molecular weight excluding hydrogens is 270 g/mol. The average molecular weight is 283 g/mol. The summed E-state index contributed by atoms with van der Waals surface area (Å²) in [6, 6.07) is 2.08. The fourth-order valence-corrected chi connectivity index (χ4v) is 1.42. The lowest BCUT2D eigenvalue weighted by Gasteiger charge is -2.16. The maximum Gasteiger partial charge on any atom is 0.344 e. The Kier molecular flexibility index (Phi) is 5.01. The minimum absolute atomic E-state index is 0.0445. The normalized spacial score (nSPS) is 11.5. The van der Waals surface area contributed by atoms with E-state index < -0.39 is 17.0 Å². The first-order valence-corrected chi connectivity index (χ1v) is 5.70. The number of hydrogen-bond donors (Lipinski definition) is 1. The Morgan fingerprint density at radius 2 is 2.20 bits per heavy atom. The number of nitrogens with zero attached hydrogens (tertiary/aromatic N) is 1. The van der Waals surface area contributed by atoms with Gasteiger partial charge in [-0.3, -0.25) is 14.9 Å². The molecular formula is C12H13NO7. The van der Waals surface area contributed by atoms with Crippen molar-refractivity contribution < 1.29 is 29.1 Å². The molecule has 0 bridgehead atoms. The van der Waals surface area contributed by atoms with E-state index in [1.54, 1.807) is 6.92 Å². The summed E-state index contributed by atoms with van der Waals surface area (Å²) in [5.41, 5.74) is -0.485. The van der Waals surface area contributed by atoms with Gasteiger partial charge in [0.05, 0.1) is 23.2 Å². The van der Waals surface area contributed by atoms with Gasteiger partial charge in [-0.1, -0.05) is 0 Å². The number of rotatable bonds is 7. The van der Waals surface area contributed by atoms with Crippen LogP contribution in [0.5, 0.6) is 11.5 Å². The Balaban J connectivity index is 3.34. The number of hydrogen-bond acceptors (Lipinski definition) is 6. The number of aldehydes is 1. The zero-order valence-electron chi connectivity index (χ0n) is 10.9. The predicted molar refractivity (Wildman–Crippen MR) is 67.4 cm³/mol. The van der Waals surface area contributed by atoms with Gasteiger partial charge in [-0.15, -0.1) is 0 Å². The Morgan fingerprint density at radius 3 is 2.65 bits per heavy atom. The van der Waals surface area contributed by atoms with E-state index in [0.717, 1.165) is 12.1 Å². The van der Waals surface area contributed by atoms with Crippen molar-refractivity contribution >= 4 is 17.9 Å². The third-order valence-corrected chi connectivity index (χ3v) is 2.35. The molecule has 0 spiro atoms. The fraction of sp³-hybridized carbons (Fsp3) is 0.333. The Hall–Kier alpha value is -2.64. The number of nitro groups is 1. The Bertz CT molecular complexity index is 541. The summed E-state index contributed by atoms with van der Waals surface area (Å²) >= 11 is 0. The summed E-state index contributed by atoms with van der Waals surface area (Å²) in [5.74, 6) is -1.40. The van der Waals surface area contributed by atoms with Crippen molar-refractivity contribution in [2.75, 3.05) is 6.61 Å². The van der Waals surface area contributed by atoms with Gasteiger partial charge in [0.2, 0.25) is 0 Å². The Morgan fingerprint density at radius 1 is 1.55 bits per heavy atom. The number of non-ortho nitro benzene ring substituents is 1. The zero-order chi connectivity index (χ0) is 15.3. The lowest BCUT2D eigenvalue weighted by molar-refractivity contribution is -0.385. The van der Waals surface area contributed by atoms with Gasteiger partial charge in [0, 0.05) is 6.07 Å². The molecule has 1 aromatic rings. The van der Waals surface area contributed by atoms with Crippen molar-refractivity contribution in [3.05, 3.63) is 27.8 Å². The highest BCUT2D eigenvalue weighted by molar-refractivity contribution is 5.83. The first-order valence-electron chi connectivity index (χ1n) is 5.70. The molecule has 0 aliphatic rings. The van der Waals surface area contributed by atoms with Crippen LogP contribution < -0.4 is 9.47 Å². The molecule has 0 heterocycles. The smallest absolute Gasteiger partial charge is 0.344 e. The largest absolute Gasteiger partial charge is 0.490 e. The standard InChI is InChI=1S/C12H13NO7/c1-3-19-10-5-9(13(17)18)4-8(6-14)11(10)20-7(2)12(15)16/h4-7H,3H2,1-2H3,(H,15,16)/t7-/m1/s1. The molecule has 0 aliphatic carbocycles. The molecule has 0 amide bonds. The van der Waals surface area contributed by atoms with Crippen molar-refractivity contribution in [2.45, 2.75) is 20.0 Å². The van der Waals surface area contributed by atoms with E-state index in [9.17, 15) is 19.7 Å². The minimum atomic E-state index is -1.23. The van der Waals surface area contributed by atoms with Crippen molar-refractivity contribution in [3.8, 4) is 11.5 Å². The molecule has 0 saturated heterocycles. The van der Waals surface area contributed by atoms with Crippen molar-refractivity contribution in [2.24, 2.45) is 0 Å². The number of carbonyl (C=O) groups is 2. The van der Waals surface area contributed by atoms with Gasteiger partial charge in [-0.2, -0.15) is 0 Å². The van der Waals surface area contributed by atoms with Crippen LogP contribution in [0.3, 0.4) is 0 Å². The predicted octanol–water partition coefficient (Wildman–Crippen LogP) is 1.66. The van der Waals surface area contributed by atoms with Crippen molar-refractivity contribution in [3.63, 3.8) is 0 Å². The highest BCUT2D eigenvalue weighted by Crippen LogP contribution is 2.35. The SMILES string of the molecule is CCOc1cc([N+](=O)[O-])cc(C=O)c1O[C@H](C)C(=O)O. The molecule has 1 aromatic carbocycles. The molecule has 1 N–H and O–H groups in total. The molecule has 1 atom stereocenters. The van der Waals surface area contributed by atoms with E-state index in [4.69, 9.17) is 14.6 Å². The van der Waals surface area contributed by atoms with Crippen LogP contribution in [0.25, 0.3) is 0 Å². The van der Waals surface area contributed by atoms with Gasteiger partial charge in [0.15, 0.2) is 23.9 Å². The molecule has 108 valence electrons. The maximum absolute atomic E-state index is 11.0. The van der Waals surface area contributed by atoms with E-state index in [1.165, 1.54) is 6.92 Å². The van der Waals surface area contributed by atoms with Crippen LogP contribution in [0.1, 0.15) is 24.2 Å². The summed E-state index contributed by atoms with van der Waals surface area (Å²) < 4.78 is 10.3. The fourth-order valence-electron chi connectivity index (χ4n) is 1.42. The number of nitro benzene ring substituents is 1. The number of aliphatic carboxylic acids is 1. The highest BCUT2D eigenvalue weighted by atomic mass is 16.6. The molecule has 8 nitrogen and oxygen atoms in total. The number of benzene rings is 1. The third kappa shape index (κ3) is 3.44. The average Bonchev–Trinajstić information content (AvgIpc) is 2.40. The summed E-state index contributed by atoms with van der Waals surface area (Å²) in [7, 11) is 0. The van der Waals surface area contributed by atoms with E-state index in [2.05, 4.69) is 0 Å². The lowest BCUT2D eigenvalue weighted by Crippen LogP contribution is -2.23. The molecule has 0 saturated carbocycles. The highest BCUT2D eigenvalue weighted by Gasteiger charge is 2.22. The van der Waals surface area contributed by atoms with Gasteiger partial charge >= 0.3 is 5.97 Å². The van der Waals surface area contributed by atoms with E-state index in [-0.39, 0.29) is 29.4 Å². The molecule has 8 heteroatoms. The third-order valence-electron chi connectivity index (χ3n) is 2.35. The monoisotopic (exact) mass is 283 g/mol. The van der Waals surface area contributed by atoms with E-state index in [0.29, 0.717) is 6.29 Å². The van der Waals surface area contributed by atoms with Crippen LogP contribution in [0.15, 0.2) is 12.1 Å². The van der Waals surface area contributed by atoms with Crippen molar-refractivity contribution in [1.29, 1.82) is 0 Å². The van der Waals surface area contributed by atoms with Crippen LogP contribution in [0, 0.1) is 10.1 Å². The van der Waals surface area contributed by atoms with Gasteiger partial charge in [-0.05, 0) is 13.8 Å². The second-order valence-corrected chi connectivity index (χ2v) is 3.77. The van der Waals surface area contributed by atoms with E-state index in [1.807, 2.05) is 0 Å². The lowest BCUT2D eigenvalue weighted by atomic mass is 10.1. The van der Waals surface area contributed by atoms with Crippen LogP contribution in [-0.2, 0) is 4.79 Å². The van der Waals surface area contributed by atoms with Crippen LogP contribution in [0.2, 0.25) is 0 Å². The van der Waals surface area contributed by atoms with Gasteiger partial charge in [-0.25, -0.2) is 4.79 Å². The molecule has 0 aromatic heterocycles. The zero-order valence-corrected chi connectivity index (χ0v) is 10.9. The molecule has 1 rings (SSSR count). The van der Waals surface area contributed by atoms with E-state index >= 15 is 0 Å². The second kappa shape index (κ2) is 6.50. The first-order chi connectivity index (χ1) is 9.40. The molecule has 0 unspecified atom stereocenters. The number of ether oxygens (including phenoxy) is 2. The summed E-state index contributed by atoms with van der Waals surface area (Å²) in [5, 5.41) is 19.6. The topological polar surface area (TPSA) is 116 Å².